The fourth-order valence-corrected chi connectivity index (χ4v) is 34.1. The Labute approximate surface area is 709 Å². The van der Waals surface area contributed by atoms with Gasteiger partial charge >= 0.3 is 0 Å². The summed E-state index contributed by atoms with van der Waals surface area (Å²) in [5, 5.41) is 42.3. The van der Waals surface area contributed by atoms with Gasteiger partial charge in [-0.15, -0.1) is 0 Å². The van der Waals surface area contributed by atoms with Gasteiger partial charge in [0.2, 0.25) is 5.89 Å². The minimum absolute atomic E-state index is 0.155. The highest BCUT2D eigenvalue weighted by Gasteiger charge is 2.64. The zero-order valence-electron chi connectivity index (χ0n) is 75.0. The molecule has 648 valence electrons. The average Bonchev–Trinajstić information content (AvgIpc) is 1.52. The Bertz CT molecular complexity index is 4230. The molecule has 4 heterocycles. The Morgan fingerprint density at radius 2 is 0.712 bits per heavy atom. The van der Waals surface area contributed by atoms with Gasteiger partial charge in [-0.3, -0.25) is 29.1 Å². The molecular formula is C105H154N4O9. The number of ketones is 4. The molecule has 4 aromatic rings. The Morgan fingerprint density at radius 1 is 0.364 bits per heavy atom. The minimum atomic E-state index is -0.446. The summed E-state index contributed by atoms with van der Waals surface area (Å²) in [6.45, 7) is 23.8. The summed E-state index contributed by atoms with van der Waals surface area (Å²) in [5.74, 6) is 19.6. The molecule has 4 aromatic heterocycles. The molecule has 0 spiro atoms. The van der Waals surface area contributed by atoms with E-state index >= 15 is 0 Å². The summed E-state index contributed by atoms with van der Waals surface area (Å²) in [4.78, 5) is 66.8. The summed E-state index contributed by atoms with van der Waals surface area (Å²) < 4.78 is 7.82. The fourth-order valence-electron chi connectivity index (χ4n) is 34.1. The van der Waals surface area contributed by atoms with E-state index in [-0.39, 0.29) is 45.3 Å². The molecular weight excluding hydrogens is 1460 g/mol. The van der Waals surface area contributed by atoms with E-state index in [1.165, 1.54) is 154 Å². The molecule has 16 saturated carbocycles. The molecule has 16 aliphatic rings. The number of carbonyl (C=O) groups excluding carboxylic acids is 4. The Balaban J connectivity index is 0.000000113. The number of aliphatic hydroxyl groups is 4. The van der Waals surface area contributed by atoms with Crippen LogP contribution in [-0.2, 0) is 51.9 Å². The number of fused-ring (bicyclic) bond motifs is 20. The summed E-state index contributed by atoms with van der Waals surface area (Å²) in [6, 6.07) is 16.1. The zero-order valence-corrected chi connectivity index (χ0v) is 75.0. The van der Waals surface area contributed by atoms with Gasteiger partial charge in [0.15, 0.2) is 0 Å². The molecule has 0 bridgehead atoms. The highest BCUT2D eigenvalue weighted by atomic mass is 16.4. The molecule has 13 nitrogen and oxygen atoms in total. The molecule has 16 aliphatic carbocycles. The maximum absolute atomic E-state index is 13.4. The lowest BCUT2D eigenvalue weighted by Crippen LogP contribution is -2.51. The number of aryl methyl sites for hydroxylation is 4. The summed E-state index contributed by atoms with van der Waals surface area (Å²) in [6.07, 6.45) is 48.4. The molecule has 0 aliphatic heterocycles. The molecule has 4 N–H and O–H groups in total. The Hall–Kier alpha value is -4.69. The number of aromatic nitrogens is 4. The fraction of sp³-hybridized carbons (Fsp3) is 0.800. The first-order valence-electron chi connectivity index (χ1n) is 49.0. The second-order valence-corrected chi connectivity index (χ2v) is 46.4. The molecule has 13 heteroatoms. The largest absolute Gasteiger partial charge is 0.445 e. The zero-order chi connectivity index (χ0) is 83.0. The van der Waals surface area contributed by atoms with Gasteiger partial charge in [0.25, 0.3) is 0 Å². The van der Waals surface area contributed by atoms with Crippen LogP contribution < -0.4 is 0 Å². The number of rotatable bonds is 12. The monoisotopic (exact) mass is 1620 g/mol. The third-order valence-electron chi connectivity index (χ3n) is 39.7. The minimum Gasteiger partial charge on any atom is -0.445 e. The van der Waals surface area contributed by atoms with E-state index in [2.05, 4.69) is 53.3 Å². The Kier molecular flexibility index (Phi) is 23.9. The van der Waals surface area contributed by atoms with Crippen molar-refractivity contribution in [3.05, 3.63) is 101 Å². The second kappa shape index (κ2) is 33.0. The van der Waals surface area contributed by atoms with Crippen molar-refractivity contribution in [1.29, 1.82) is 0 Å². The summed E-state index contributed by atoms with van der Waals surface area (Å²) >= 11 is 0. The van der Waals surface area contributed by atoms with Crippen molar-refractivity contribution in [2.24, 2.45) is 171 Å². The van der Waals surface area contributed by atoms with Crippen LogP contribution in [0.4, 0.5) is 0 Å². The highest BCUT2D eigenvalue weighted by molar-refractivity contribution is 5.86. The van der Waals surface area contributed by atoms with Crippen molar-refractivity contribution in [3.8, 4) is 0 Å². The van der Waals surface area contributed by atoms with E-state index in [1.807, 2.05) is 104 Å². The normalized spacial score (nSPS) is 46.0. The van der Waals surface area contributed by atoms with Gasteiger partial charge in [0, 0.05) is 85.2 Å². The molecule has 118 heavy (non-hydrogen) atoms. The molecule has 0 unspecified atom stereocenters. The lowest BCUT2D eigenvalue weighted by Gasteiger charge is -2.56. The van der Waals surface area contributed by atoms with Gasteiger partial charge in [-0.25, -0.2) is 4.98 Å². The first-order chi connectivity index (χ1) is 56.1. The van der Waals surface area contributed by atoms with E-state index < -0.39 is 22.4 Å². The van der Waals surface area contributed by atoms with E-state index in [0.29, 0.717) is 60.6 Å². The second-order valence-electron chi connectivity index (χ2n) is 46.4. The SMILES string of the molecule is C[C@@]1(O)CC[C@H]2[C@H](CC[C@@H]3[C@@H]2CC[C@]2(C)[C@@H](C(=O)Cc4ccccn4)CC[C@@H]32)C1.Cc1cccc(CC(=O)[C@H]2CC[C@H]3[C@@H]4CC[C@@H]5C[C@](C)(O)CC[C@@H]5[C@H]4CC[C@]23C)n1.Cc1nc(CC(=O)[C@H]2CC[C@H]3[C@@H]4CC[C@@H]5C[C@](C)(O)CC[C@@H]5[C@H]4CC[C@]23C)oc1C.Cn1cccc1CC(=O)[C@H]1CC[C@H]2[C@@H]3CC[C@@H]4C[C@](C)(O)CC[C@@H]4[C@H]3CC[C@]12C. The van der Waals surface area contributed by atoms with E-state index in [4.69, 9.17) is 4.42 Å². The van der Waals surface area contributed by atoms with Crippen molar-refractivity contribution in [2.45, 2.75) is 355 Å². The third kappa shape index (κ3) is 16.4. The number of Topliss-reactive ketones (excluding diaryl/α,β-unsaturated/α-hetero) is 4. The van der Waals surface area contributed by atoms with Gasteiger partial charge in [0.05, 0.1) is 34.5 Å². The Morgan fingerprint density at radius 3 is 1.04 bits per heavy atom. The van der Waals surface area contributed by atoms with E-state index in [9.17, 15) is 39.6 Å². The number of pyridine rings is 2. The van der Waals surface area contributed by atoms with Crippen molar-refractivity contribution < 1.29 is 44.0 Å². The van der Waals surface area contributed by atoms with Crippen LogP contribution in [0.3, 0.4) is 0 Å². The average molecular weight is 1620 g/mol. The number of carbonyl (C=O) groups is 4. The van der Waals surface area contributed by atoms with Crippen LogP contribution in [0.25, 0.3) is 0 Å². The predicted molar refractivity (Wildman–Crippen MR) is 464 cm³/mol. The molecule has 16 fully saturated rings. The van der Waals surface area contributed by atoms with Crippen LogP contribution in [-0.4, -0.2) is 85.5 Å². The summed E-state index contributed by atoms with van der Waals surface area (Å²) in [5.41, 5.74) is 3.93. The summed E-state index contributed by atoms with van der Waals surface area (Å²) in [7, 11) is 2.05. The molecule has 0 amide bonds. The molecule has 32 atom stereocenters. The van der Waals surface area contributed by atoms with Gasteiger partial charge in [-0.1, -0.05) is 39.8 Å². The van der Waals surface area contributed by atoms with Crippen molar-refractivity contribution >= 4 is 23.1 Å². The molecule has 0 saturated heterocycles. The predicted octanol–water partition coefficient (Wildman–Crippen LogP) is 21.3. The maximum atomic E-state index is 13.4. The third-order valence-corrected chi connectivity index (χ3v) is 39.7. The quantitative estimate of drug-likeness (QED) is 0.105. The molecule has 0 aromatic carbocycles. The first kappa shape index (κ1) is 85.5. The number of hydrogen-bond donors (Lipinski definition) is 4. The standard InChI is InChI=1S/C27H39NO2.C26H39NO3.C26H39NO2.C26H37NO2/c1-17-5-4-6-19(28-17)15-25(29)24-10-9-23-22-8-7-18-16-26(2,30)13-11-20(18)21(22)12-14-27(23,24)3;1-15-16(2)30-24(27-15)13-23(28)22-8-7-21-20-6-5-17-14-25(3,29)11-9-18(17)19(20)10-12-26(21,22)4;1-25(29)12-10-19-17(16-25)6-7-21-20(19)11-13-26(2)22(21)8-9-23(26)24(28)15-18-5-4-14-27(18)3;1-25(29)12-10-19-17(16-25)6-7-21-20(19)11-13-26(2)22(21)8-9-23(26)24(28)15-18-5-3-4-14-27-18/h4-6,18,20-24,30H,7-16H2,1-3H3;17-22,29H,5-14H2,1-4H3;4-5,14,17,19-23,29H,6-13,15-16H2,1-3H3;3-5,14,17,19-23,29H,6-13,15-16H2,1-2H3/t18-,20+,21-,22-,23+,24-,26-,27+;17-,18+,19-,20-,21+,22-,25-,26+;2*17-,19+,20-,21-,22+,23-,25-,26+/m1111/s1. The van der Waals surface area contributed by atoms with Gasteiger partial charge < -0.3 is 29.4 Å². The van der Waals surface area contributed by atoms with Crippen molar-refractivity contribution in [1.82, 2.24) is 19.5 Å². The van der Waals surface area contributed by atoms with Crippen molar-refractivity contribution in [3.63, 3.8) is 0 Å². The number of oxazole rings is 1. The lowest BCUT2D eigenvalue weighted by molar-refractivity contribution is -0.132. The van der Waals surface area contributed by atoms with Crippen LogP contribution in [0.2, 0.25) is 0 Å². The van der Waals surface area contributed by atoms with Gasteiger partial charge in [0.1, 0.15) is 28.9 Å². The van der Waals surface area contributed by atoms with Crippen LogP contribution >= 0.6 is 0 Å². The first-order valence-corrected chi connectivity index (χ1v) is 49.0. The number of nitrogens with zero attached hydrogens (tertiary/aromatic N) is 4. The van der Waals surface area contributed by atoms with Crippen molar-refractivity contribution in [2.75, 3.05) is 0 Å². The van der Waals surface area contributed by atoms with Crippen LogP contribution in [0, 0.1) is 184 Å². The number of hydrogen-bond acceptors (Lipinski definition) is 12. The maximum Gasteiger partial charge on any atom is 0.202 e. The van der Waals surface area contributed by atoms with Crippen LogP contribution in [0.1, 0.15) is 327 Å². The van der Waals surface area contributed by atoms with Gasteiger partial charge in [-0.05, 0) is 456 Å². The van der Waals surface area contributed by atoms with Crippen LogP contribution in [0.5, 0.6) is 0 Å². The molecule has 0 radical (unpaired) electrons. The lowest BCUT2D eigenvalue weighted by atomic mass is 9.49. The smallest absolute Gasteiger partial charge is 0.202 e. The van der Waals surface area contributed by atoms with E-state index in [0.717, 1.165) is 224 Å². The van der Waals surface area contributed by atoms with E-state index in [1.54, 1.807) is 6.20 Å². The topological polar surface area (TPSA) is 206 Å². The van der Waals surface area contributed by atoms with Crippen LogP contribution in [0.15, 0.2) is 65.3 Å². The highest BCUT2D eigenvalue weighted by Crippen LogP contribution is 2.70. The molecule has 20 rings (SSSR count). The van der Waals surface area contributed by atoms with Gasteiger partial charge in [-0.2, -0.15) is 0 Å².